The van der Waals surface area contributed by atoms with E-state index in [2.05, 4.69) is 30.5 Å². The van der Waals surface area contributed by atoms with E-state index in [-0.39, 0.29) is 0 Å². The molecule has 1 atom stereocenters. The van der Waals surface area contributed by atoms with Gasteiger partial charge in [0.25, 0.3) is 0 Å². The predicted octanol–water partition coefficient (Wildman–Crippen LogP) is 3.59. The van der Waals surface area contributed by atoms with Gasteiger partial charge in [0.15, 0.2) is 0 Å². The summed E-state index contributed by atoms with van der Waals surface area (Å²) in [6.45, 7) is 5.46. The number of fused-ring (bicyclic) bond motifs is 1. The summed E-state index contributed by atoms with van der Waals surface area (Å²) >= 11 is 6.14. The lowest BCUT2D eigenvalue weighted by molar-refractivity contribution is 0.525. The Balaban J connectivity index is 2.15. The summed E-state index contributed by atoms with van der Waals surface area (Å²) in [6.07, 6.45) is 1.16. The fourth-order valence-corrected chi connectivity index (χ4v) is 2.25. The van der Waals surface area contributed by atoms with Crippen LogP contribution in [0.3, 0.4) is 0 Å². The molecule has 15 heavy (non-hydrogen) atoms. The number of benzene rings is 1. The quantitative estimate of drug-likeness (QED) is 0.802. The zero-order valence-electron chi connectivity index (χ0n) is 9.18. The molecule has 0 spiro atoms. The van der Waals surface area contributed by atoms with Crippen molar-refractivity contribution in [3.8, 4) is 0 Å². The number of para-hydroxylation sites is 1. The van der Waals surface area contributed by atoms with Gasteiger partial charge in [-0.25, -0.2) is 0 Å². The summed E-state index contributed by atoms with van der Waals surface area (Å²) in [4.78, 5) is 0. The van der Waals surface area contributed by atoms with Crippen LogP contribution in [0, 0.1) is 5.92 Å². The molecule has 1 unspecified atom stereocenters. The van der Waals surface area contributed by atoms with E-state index in [9.17, 15) is 0 Å². The Labute approximate surface area is 96.0 Å². The first kappa shape index (κ1) is 10.6. The third-order valence-corrected chi connectivity index (χ3v) is 2.97. The Morgan fingerprint density at radius 3 is 3.00 bits per heavy atom. The normalized spacial score (nSPS) is 19.3. The Morgan fingerprint density at radius 2 is 2.27 bits per heavy atom. The highest BCUT2D eigenvalue weighted by molar-refractivity contribution is 6.34. The first-order valence-electron chi connectivity index (χ1n) is 5.45. The largest absolute Gasteiger partial charge is 0.381 e. The lowest BCUT2D eigenvalue weighted by atomic mass is 10.0. The average molecular weight is 225 g/mol. The van der Waals surface area contributed by atoms with E-state index in [4.69, 9.17) is 11.6 Å². The molecule has 0 amide bonds. The molecule has 0 aromatic heterocycles. The predicted molar refractivity (Wildman–Crippen MR) is 66.8 cm³/mol. The van der Waals surface area contributed by atoms with Crippen LogP contribution in [0.4, 0.5) is 11.4 Å². The highest BCUT2D eigenvalue weighted by Gasteiger charge is 2.19. The zero-order valence-corrected chi connectivity index (χ0v) is 9.93. The SMILES string of the molecule is CC(C)CC1CNc2cccc(Cl)c2N1. The minimum absolute atomic E-state index is 0.484. The molecule has 3 heteroatoms. The Morgan fingerprint density at radius 1 is 1.47 bits per heavy atom. The fourth-order valence-electron chi connectivity index (χ4n) is 2.02. The smallest absolute Gasteiger partial charge is 0.0768 e. The van der Waals surface area contributed by atoms with Crippen LogP contribution in [0.1, 0.15) is 20.3 Å². The highest BCUT2D eigenvalue weighted by atomic mass is 35.5. The molecule has 0 bridgehead atoms. The molecule has 0 aliphatic carbocycles. The van der Waals surface area contributed by atoms with Gasteiger partial charge in [0.1, 0.15) is 0 Å². The third-order valence-electron chi connectivity index (χ3n) is 2.66. The Bertz CT molecular complexity index is 349. The van der Waals surface area contributed by atoms with Crippen LogP contribution in [0.15, 0.2) is 18.2 Å². The van der Waals surface area contributed by atoms with Gasteiger partial charge >= 0.3 is 0 Å². The van der Waals surface area contributed by atoms with Gasteiger partial charge in [-0.15, -0.1) is 0 Å². The lowest BCUT2D eigenvalue weighted by Crippen LogP contribution is -2.34. The van der Waals surface area contributed by atoms with Crippen LogP contribution < -0.4 is 10.6 Å². The maximum absolute atomic E-state index is 6.14. The fraction of sp³-hybridized carbons (Fsp3) is 0.500. The zero-order chi connectivity index (χ0) is 10.8. The Kier molecular flexibility index (Phi) is 3.06. The van der Waals surface area contributed by atoms with Gasteiger partial charge in [0.05, 0.1) is 16.4 Å². The van der Waals surface area contributed by atoms with Gasteiger partial charge in [-0.3, -0.25) is 0 Å². The minimum Gasteiger partial charge on any atom is -0.381 e. The number of hydrogen-bond acceptors (Lipinski definition) is 2. The summed E-state index contributed by atoms with van der Waals surface area (Å²) in [7, 11) is 0. The maximum Gasteiger partial charge on any atom is 0.0768 e. The average Bonchev–Trinajstić information content (AvgIpc) is 2.18. The van der Waals surface area contributed by atoms with Crippen molar-refractivity contribution in [1.82, 2.24) is 0 Å². The van der Waals surface area contributed by atoms with Crippen LogP contribution in [-0.4, -0.2) is 12.6 Å². The van der Waals surface area contributed by atoms with Crippen LogP contribution >= 0.6 is 11.6 Å². The van der Waals surface area contributed by atoms with E-state index in [0.717, 1.165) is 29.4 Å². The van der Waals surface area contributed by atoms with Crippen molar-refractivity contribution in [2.75, 3.05) is 17.2 Å². The van der Waals surface area contributed by atoms with E-state index >= 15 is 0 Å². The van der Waals surface area contributed by atoms with Crippen molar-refractivity contribution in [3.05, 3.63) is 23.2 Å². The van der Waals surface area contributed by atoms with E-state index < -0.39 is 0 Å². The van der Waals surface area contributed by atoms with Crippen molar-refractivity contribution < 1.29 is 0 Å². The summed E-state index contributed by atoms with van der Waals surface area (Å²) in [5.74, 6) is 0.702. The van der Waals surface area contributed by atoms with Gasteiger partial charge in [-0.1, -0.05) is 31.5 Å². The molecule has 82 valence electrons. The first-order valence-corrected chi connectivity index (χ1v) is 5.83. The van der Waals surface area contributed by atoms with Gasteiger partial charge in [-0.2, -0.15) is 0 Å². The van der Waals surface area contributed by atoms with Crippen LogP contribution in [0.5, 0.6) is 0 Å². The molecular weight excluding hydrogens is 208 g/mol. The number of halogens is 1. The summed E-state index contributed by atoms with van der Waals surface area (Å²) in [5, 5.41) is 7.71. The number of anilines is 2. The van der Waals surface area contributed by atoms with E-state index in [1.54, 1.807) is 0 Å². The second kappa shape index (κ2) is 4.31. The van der Waals surface area contributed by atoms with Gasteiger partial charge in [-0.05, 0) is 24.5 Å². The molecule has 0 saturated carbocycles. The molecule has 1 aliphatic heterocycles. The Hall–Kier alpha value is -0.890. The molecule has 1 aliphatic rings. The van der Waals surface area contributed by atoms with Crippen molar-refractivity contribution in [2.45, 2.75) is 26.3 Å². The van der Waals surface area contributed by atoms with Crippen LogP contribution in [0.25, 0.3) is 0 Å². The summed E-state index contributed by atoms with van der Waals surface area (Å²) in [6, 6.07) is 6.43. The lowest BCUT2D eigenvalue weighted by Gasteiger charge is -2.30. The molecule has 1 aromatic carbocycles. The highest BCUT2D eigenvalue weighted by Crippen LogP contribution is 2.34. The molecular formula is C12H17ClN2. The molecule has 0 saturated heterocycles. The van der Waals surface area contributed by atoms with Crippen LogP contribution in [-0.2, 0) is 0 Å². The summed E-state index contributed by atoms with van der Waals surface area (Å²) < 4.78 is 0. The van der Waals surface area contributed by atoms with Crippen molar-refractivity contribution >= 4 is 23.0 Å². The molecule has 1 heterocycles. The molecule has 0 radical (unpaired) electrons. The number of rotatable bonds is 2. The van der Waals surface area contributed by atoms with Crippen molar-refractivity contribution in [1.29, 1.82) is 0 Å². The third kappa shape index (κ3) is 2.37. The molecule has 2 nitrogen and oxygen atoms in total. The monoisotopic (exact) mass is 224 g/mol. The van der Waals surface area contributed by atoms with E-state index in [1.165, 1.54) is 0 Å². The second-order valence-corrected chi connectivity index (χ2v) is 4.92. The maximum atomic E-state index is 6.14. The van der Waals surface area contributed by atoms with Crippen molar-refractivity contribution in [3.63, 3.8) is 0 Å². The standard InChI is InChI=1S/C12H17ClN2/c1-8(2)6-9-7-14-11-5-3-4-10(13)12(11)15-9/h3-5,8-9,14-15H,6-7H2,1-2H3. The van der Waals surface area contributed by atoms with Gasteiger partial charge in [0, 0.05) is 12.6 Å². The molecule has 2 rings (SSSR count). The minimum atomic E-state index is 0.484. The van der Waals surface area contributed by atoms with E-state index in [0.29, 0.717) is 12.0 Å². The van der Waals surface area contributed by atoms with Crippen molar-refractivity contribution in [2.24, 2.45) is 5.92 Å². The number of hydrogen-bond donors (Lipinski definition) is 2. The van der Waals surface area contributed by atoms with Gasteiger partial charge < -0.3 is 10.6 Å². The topological polar surface area (TPSA) is 24.1 Å². The van der Waals surface area contributed by atoms with E-state index in [1.807, 2.05) is 12.1 Å². The molecule has 1 aromatic rings. The second-order valence-electron chi connectivity index (χ2n) is 4.51. The first-order chi connectivity index (χ1) is 7.16. The molecule has 0 fully saturated rings. The van der Waals surface area contributed by atoms with Crippen LogP contribution in [0.2, 0.25) is 5.02 Å². The number of nitrogens with one attached hydrogen (secondary N) is 2. The summed E-state index contributed by atoms with van der Waals surface area (Å²) in [5.41, 5.74) is 2.17. The van der Waals surface area contributed by atoms with Gasteiger partial charge in [0.2, 0.25) is 0 Å². The molecule has 2 N–H and O–H groups in total.